The van der Waals surface area contributed by atoms with Gasteiger partial charge in [0.15, 0.2) is 0 Å². The SMILES string of the molecule is COc1ccc(NC(=O)c2ccccc2NC(=O)c2ccc(OC(C)=O)cc2)cc1. The molecule has 0 aromatic heterocycles. The summed E-state index contributed by atoms with van der Waals surface area (Å²) in [4.78, 5) is 36.3. The van der Waals surface area contributed by atoms with Crippen LogP contribution in [0, 0.1) is 0 Å². The van der Waals surface area contributed by atoms with Gasteiger partial charge in [-0.25, -0.2) is 0 Å². The zero-order chi connectivity index (χ0) is 21.5. The topological polar surface area (TPSA) is 93.7 Å². The molecule has 0 atom stereocenters. The maximum absolute atomic E-state index is 12.7. The van der Waals surface area contributed by atoms with Crippen LogP contribution in [0.4, 0.5) is 11.4 Å². The number of rotatable bonds is 6. The molecule has 0 saturated heterocycles. The molecule has 7 heteroatoms. The van der Waals surface area contributed by atoms with Crippen molar-refractivity contribution in [2.75, 3.05) is 17.7 Å². The van der Waals surface area contributed by atoms with Gasteiger partial charge in [-0.2, -0.15) is 0 Å². The van der Waals surface area contributed by atoms with E-state index in [0.29, 0.717) is 34.0 Å². The summed E-state index contributed by atoms with van der Waals surface area (Å²) >= 11 is 0. The molecular weight excluding hydrogens is 384 g/mol. The van der Waals surface area contributed by atoms with Crippen molar-refractivity contribution in [1.82, 2.24) is 0 Å². The van der Waals surface area contributed by atoms with Gasteiger partial charge in [0, 0.05) is 18.2 Å². The number of benzene rings is 3. The molecule has 3 aromatic carbocycles. The standard InChI is InChI=1S/C23H20N2O5/c1-15(26)30-19-11-7-16(8-12-19)22(27)25-21-6-4-3-5-20(21)23(28)24-17-9-13-18(29-2)14-10-17/h3-14H,1-2H3,(H,24,28)(H,25,27). The van der Waals surface area contributed by atoms with E-state index in [9.17, 15) is 14.4 Å². The van der Waals surface area contributed by atoms with Crippen LogP contribution in [-0.4, -0.2) is 24.9 Å². The van der Waals surface area contributed by atoms with Gasteiger partial charge in [0.2, 0.25) is 0 Å². The summed E-state index contributed by atoms with van der Waals surface area (Å²) in [6, 6.07) is 19.8. The van der Waals surface area contributed by atoms with E-state index in [2.05, 4.69) is 10.6 Å². The van der Waals surface area contributed by atoms with Gasteiger partial charge >= 0.3 is 5.97 Å². The summed E-state index contributed by atoms with van der Waals surface area (Å²) in [7, 11) is 1.57. The number of amides is 2. The molecule has 2 N–H and O–H groups in total. The van der Waals surface area contributed by atoms with Gasteiger partial charge < -0.3 is 20.1 Å². The van der Waals surface area contributed by atoms with E-state index in [1.165, 1.54) is 31.2 Å². The number of para-hydroxylation sites is 1. The van der Waals surface area contributed by atoms with Crippen LogP contribution in [0.3, 0.4) is 0 Å². The first-order valence-electron chi connectivity index (χ1n) is 9.10. The van der Waals surface area contributed by atoms with Crippen LogP contribution in [0.2, 0.25) is 0 Å². The van der Waals surface area contributed by atoms with Crippen LogP contribution in [0.5, 0.6) is 11.5 Å². The highest BCUT2D eigenvalue weighted by Gasteiger charge is 2.14. The van der Waals surface area contributed by atoms with Crippen LogP contribution in [0.25, 0.3) is 0 Å². The van der Waals surface area contributed by atoms with Crippen molar-refractivity contribution in [3.8, 4) is 11.5 Å². The quantitative estimate of drug-likeness (QED) is 0.476. The molecule has 0 bridgehead atoms. The molecule has 0 aliphatic rings. The molecule has 0 fully saturated rings. The van der Waals surface area contributed by atoms with Crippen LogP contribution in [0.15, 0.2) is 72.8 Å². The van der Waals surface area contributed by atoms with Gasteiger partial charge in [-0.15, -0.1) is 0 Å². The number of esters is 1. The van der Waals surface area contributed by atoms with Crippen molar-refractivity contribution in [3.05, 3.63) is 83.9 Å². The lowest BCUT2D eigenvalue weighted by atomic mass is 10.1. The van der Waals surface area contributed by atoms with Gasteiger partial charge in [0.1, 0.15) is 11.5 Å². The van der Waals surface area contributed by atoms with E-state index in [1.807, 2.05) is 0 Å². The average Bonchev–Trinajstić information content (AvgIpc) is 2.74. The number of hydrogen-bond acceptors (Lipinski definition) is 5. The largest absolute Gasteiger partial charge is 0.497 e. The average molecular weight is 404 g/mol. The number of carbonyl (C=O) groups is 3. The number of methoxy groups -OCH3 is 1. The van der Waals surface area contributed by atoms with Crippen LogP contribution < -0.4 is 20.1 Å². The zero-order valence-electron chi connectivity index (χ0n) is 16.5. The minimum atomic E-state index is -0.441. The fraction of sp³-hybridized carbons (Fsp3) is 0.0870. The van der Waals surface area contributed by atoms with Gasteiger partial charge in [0.25, 0.3) is 11.8 Å². The Balaban J connectivity index is 1.73. The lowest BCUT2D eigenvalue weighted by Gasteiger charge is -2.12. The third kappa shape index (κ3) is 5.23. The number of anilines is 2. The Morgan fingerprint density at radius 2 is 1.37 bits per heavy atom. The molecule has 152 valence electrons. The van der Waals surface area contributed by atoms with Gasteiger partial charge in [0.05, 0.1) is 18.4 Å². The van der Waals surface area contributed by atoms with Crippen molar-refractivity contribution in [1.29, 1.82) is 0 Å². The first kappa shape index (κ1) is 20.6. The molecular formula is C23H20N2O5. The highest BCUT2D eigenvalue weighted by molar-refractivity contribution is 6.12. The predicted octanol–water partition coefficient (Wildman–Crippen LogP) is 4.13. The molecule has 7 nitrogen and oxygen atoms in total. The Kier molecular flexibility index (Phi) is 6.44. The van der Waals surface area contributed by atoms with Gasteiger partial charge in [-0.3, -0.25) is 14.4 Å². The summed E-state index contributed by atoms with van der Waals surface area (Å²) < 4.78 is 10.1. The minimum Gasteiger partial charge on any atom is -0.497 e. The van der Waals surface area contributed by atoms with E-state index in [4.69, 9.17) is 9.47 Å². The summed E-state index contributed by atoms with van der Waals surface area (Å²) in [6.45, 7) is 1.30. The normalized spacial score (nSPS) is 10.1. The second kappa shape index (κ2) is 9.38. The van der Waals surface area contributed by atoms with Crippen molar-refractivity contribution < 1.29 is 23.9 Å². The molecule has 0 aliphatic heterocycles. The van der Waals surface area contributed by atoms with Crippen LogP contribution >= 0.6 is 0 Å². The molecule has 3 rings (SSSR count). The third-order valence-electron chi connectivity index (χ3n) is 4.15. The molecule has 3 aromatic rings. The number of hydrogen-bond donors (Lipinski definition) is 2. The first-order valence-corrected chi connectivity index (χ1v) is 9.10. The highest BCUT2D eigenvalue weighted by Crippen LogP contribution is 2.21. The molecule has 2 amide bonds. The maximum Gasteiger partial charge on any atom is 0.308 e. The van der Waals surface area contributed by atoms with E-state index >= 15 is 0 Å². The smallest absolute Gasteiger partial charge is 0.308 e. The van der Waals surface area contributed by atoms with Crippen molar-refractivity contribution in [2.24, 2.45) is 0 Å². The summed E-state index contributed by atoms with van der Waals surface area (Å²) in [5.74, 6) is -0.168. The molecule has 30 heavy (non-hydrogen) atoms. The molecule has 0 unspecified atom stereocenters. The van der Waals surface area contributed by atoms with Crippen molar-refractivity contribution >= 4 is 29.2 Å². The second-order valence-corrected chi connectivity index (χ2v) is 6.30. The lowest BCUT2D eigenvalue weighted by Crippen LogP contribution is -2.18. The second-order valence-electron chi connectivity index (χ2n) is 6.30. The van der Waals surface area contributed by atoms with Crippen molar-refractivity contribution in [3.63, 3.8) is 0 Å². The molecule has 0 aliphatic carbocycles. The van der Waals surface area contributed by atoms with E-state index in [-0.39, 0.29) is 5.91 Å². The van der Waals surface area contributed by atoms with Gasteiger partial charge in [-0.05, 0) is 60.7 Å². The Bertz CT molecular complexity index is 1060. The number of nitrogens with one attached hydrogen (secondary N) is 2. The first-order chi connectivity index (χ1) is 14.5. The van der Waals surface area contributed by atoms with Crippen molar-refractivity contribution in [2.45, 2.75) is 6.92 Å². The Morgan fingerprint density at radius 3 is 2.00 bits per heavy atom. The molecule has 0 spiro atoms. The monoisotopic (exact) mass is 404 g/mol. The third-order valence-corrected chi connectivity index (χ3v) is 4.15. The van der Waals surface area contributed by atoms with E-state index < -0.39 is 11.9 Å². The number of ether oxygens (including phenoxy) is 2. The predicted molar refractivity (Wildman–Crippen MR) is 113 cm³/mol. The Hall–Kier alpha value is -4.13. The highest BCUT2D eigenvalue weighted by atomic mass is 16.5. The molecule has 0 heterocycles. The van der Waals surface area contributed by atoms with Crippen LogP contribution in [-0.2, 0) is 4.79 Å². The summed E-state index contributed by atoms with van der Waals surface area (Å²) in [6.07, 6.45) is 0. The lowest BCUT2D eigenvalue weighted by molar-refractivity contribution is -0.131. The Labute approximate surface area is 173 Å². The number of carbonyl (C=O) groups excluding carboxylic acids is 3. The fourth-order valence-corrected chi connectivity index (χ4v) is 2.70. The summed E-state index contributed by atoms with van der Waals surface area (Å²) in [5, 5.41) is 5.54. The Morgan fingerprint density at radius 1 is 0.733 bits per heavy atom. The minimum absolute atomic E-state index is 0.318. The molecule has 0 saturated carbocycles. The molecule has 0 radical (unpaired) electrons. The fourth-order valence-electron chi connectivity index (χ4n) is 2.70. The van der Waals surface area contributed by atoms with E-state index in [0.717, 1.165) is 0 Å². The van der Waals surface area contributed by atoms with Crippen LogP contribution in [0.1, 0.15) is 27.6 Å². The van der Waals surface area contributed by atoms with E-state index in [1.54, 1.807) is 55.6 Å². The zero-order valence-corrected chi connectivity index (χ0v) is 16.5. The summed E-state index contributed by atoms with van der Waals surface area (Å²) in [5.41, 5.74) is 1.65. The maximum atomic E-state index is 12.7. The van der Waals surface area contributed by atoms with Gasteiger partial charge in [-0.1, -0.05) is 12.1 Å².